The number of aromatic nitrogens is 1. The number of ether oxygens (including phenoxy) is 2. The third-order valence-electron chi connectivity index (χ3n) is 4.53. The van der Waals surface area contributed by atoms with Gasteiger partial charge < -0.3 is 20.1 Å². The van der Waals surface area contributed by atoms with Crippen molar-refractivity contribution in [3.05, 3.63) is 54.1 Å². The van der Waals surface area contributed by atoms with Crippen molar-refractivity contribution in [3.63, 3.8) is 0 Å². The summed E-state index contributed by atoms with van der Waals surface area (Å²) in [6.45, 7) is 0. The first-order valence-corrected chi connectivity index (χ1v) is 8.69. The molecule has 0 aliphatic heterocycles. The van der Waals surface area contributed by atoms with Crippen LogP contribution in [0.2, 0.25) is 0 Å². The number of hydrogen-bond acceptors (Lipinski definition) is 6. The average molecular weight is 374 g/mol. The van der Waals surface area contributed by atoms with Crippen LogP contribution in [0.4, 0.5) is 11.5 Å². The Kier molecular flexibility index (Phi) is 5.37. The third kappa shape index (κ3) is 3.55. The summed E-state index contributed by atoms with van der Waals surface area (Å²) >= 11 is 0. The molecule has 0 amide bonds. The summed E-state index contributed by atoms with van der Waals surface area (Å²) in [6, 6.07) is 17.5. The van der Waals surface area contributed by atoms with Gasteiger partial charge in [-0.1, -0.05) is 12.1 Å². The zero-order valence-electron chi connectivity index (χ0n) is 16.4. The zero-order valence-corrected chi connectivity index (χ0v) is 16.4. The Morgan fingerprint density at radius 1 is 0.929 bits per heavy atom. The van der Waals surface area contributed by atoms with Gasteiger partial charge in [0.1, 0.15) is 17.5 Å². The largest absolute Gasteiger partial charge is 0.493 e. The van der Waals surface area contributed by atoms with E-state index >= 15 is 0 Å². The number of pyridine rings is 1. The second-order valence-electron chi connectivity index (χ2n) is 6.44. The molecular weight excluding hydrogens is 352 g/mol. The fourth-order valence-electron chi connectivity index (χ4n) is 2.99. The van der Waals surface area contributed by atoms with Crippen molar-refractivity contribution in [3.8, 4) is 40.0 Å². The van der Waals surface area contributed by atoms with Crippen molar-refractivity contribution in [2.45, 2.75) is 0 Å². The van der Waals surface area contributed by atoms with Gasteiger partial charge in [0.25, 0.3) is 0 Å². The maximum Gasteiger partial charge on any atom is 0.161 e. The molecule has 142 valence electrons. The van der Waals surface area contributed by atoms with Gasteiger partial charge in [0, 0.05) is 30.9 Å². The van der Waals surface area contributed by atoms with Gasteiger partial charge in [-0.2, -0.15) is 5.26 Å². The van der Waals surface area contributed by atoms with E-state index in [9.17, 15) is 5.26 Å². The van der Waals surface area contributed by atoms with Crippen molar-refractivity contribution in [2.75, 3.05) is 38.9 Å². The molecule has 3 rings (SSSR count). The van der Waals surface area contributed by atoms with E-state index < -0.39 is 0 Å². The second kappa shape index (κ2) is 7.89. The molecule has 0 unspecified atom stereocenters. The van der Waals surface area contributed by atoms with Crippen LogP contribution in [0.3, 0.4) is 0 Å². The van der Waals surface area contributed by atoms with Gasteiger partial charge in [-0.15, -0.1) is 0 Å². The molecule has 28 heavy (non-hydrogen) atoms. The highest BCUT2D eigenvalue weighted by atomic mass is 16.5. The number of nitrogen functional groups attached to an aromatic ring is 1. The molecule has 0 radical (unpaired) electrons. The topological polar surface area (TPSA) is 84.4 Å². The van der Waals surface area contributed by atoms with Crippen LogP contribution in [0.1, 0.15) is 5.56 Å². The van der Waals surface area contributed by atoms with Gasteiger partial charge in [0.05, 0.1) is 19.9 Å². The van der Waals surface area contributed by atoms with Crippen LogP contribution in [0.5, 0.6) is 11.5 Å². The standard InChI is InChI=1S/C22H22N4O2/c1-26(2)16-8-5-14(6-9-16)17-12-19(25-22(24)18(17)13-23)15-7-10-20(27-3)21(11-15)28-4/h5-12H,1-4H3,(H2,24,25). The van der Waals surface area contributed by atoms with Crippen LogP contribution >= 0.6 is 0 Å². The number of anilines is 2. The highest BCUT2D eigenvalue weighted by molar-refractivity contribution is 5.81. The van der Waals surface area contributed by atoms with Crippen LogP contribution in [0, 0.1) is 11.3 Å². The molecular formula is C22H22N4O2. The van der Waals surface area contributed by atoms with Crippen molar-refractivity contribution < 1.29 is 9.47 Å². The average Bonchev–Trinajstić information content (AvgIpc) is 2.72. The SMILES string of the molecule is COc1ccc(-c2cc(-c3ccc(N(C)C)cc3)c(C#N)c(N)n2)cc1OC. The molecule has 2 N–H and O–H groups in total. The van der Waals surface area contributed by atoms with Crippen LogP contribution in [-0.2, 0) is 0 Å². The molecule has 0 spiro atoms. The van der Waals surface area contributed by atoms with Crippen LogP contribution < -0.4 is 20.1 Å². The Hall–Kier alpha value is -3.72. The molecule has 0 aliphatic rings. The van der Waals surface area contributed by atoms with Crippen molar-refractivity contribution >= 4 is 11.5 Å². The number of rotatable bonds is 5. The Morgan fingerprint density at radius 2 is 1.57 bits per heavy atom. The van der Waals surface area contributed by atoms with Gasteiger partial charge in [0.2, 0.25) is 0 Å². The minimum Gasteiger partial charge on any atom is -0.493 e. The highest BCUT2D eigenvalue weighted by Gasteiger charge is 2.15. The summed E-state index contributed by atoms with van der Waals surface area (Å²) in [6.07, 6.45) is 0. The van der Waals surface area contributed by atoms with E-state index in [-0.39, 0.29) is 5.82 Å². The number of benzene rings is 2. The van der Waals surface area contributed by atoms with Crippen LogP contribution in [-0.4, -0.2) is 33.3 Å². The van der Waals surface area contributed by atoms with E-state index in [0.29, 0.717) is 22.8 Å². The maximum atomic E-state index is 9.60. The lowest BCUT2D eigenvalue weighted by Gasteiger charge is -2.15. The maximum absolute atomic E-state index is 9.60. The summed E-state index contributed by atoms with van der Waals surface area (Å²) in [5.41, 5.74) is 10.7. The molecule has 1 heterocycles. The Labute approximate surface area is 164 Å². The number of methoxy groups -OCH3 is 2. The monoisotopic (exact) mass is 374 g/mol. The Balaban J connectivity index is 2.14. The number of nitrogens with two attached hydrogens (primary N) is 1. The van der Waals surface area contributed by atoms with Gasteiger partial charge in [-0.25, -0.2) is 4.98 Å². The minimum atomic E-state index is 0.196. The second-order valence-corrected chi connectivity index (χ2v) is 6.44. The first kappa shape index (κ1) is 19.1. The van der Waals surface area contributed by atoms with Gasteiger partial charge in [0.15, 0.2) is 11.5 Å². The van der Waals surface area contributed by atoms with Gasteiger partial charge in [-0.05, 0) is 42.0 Å². The predicted molar refractivity (Wildman–Crippen MR) is 112 cm³/mol. The summed E-state index contributed by atoms with van der Waals surface area (Å²) in [5, 5.41) is 9.60. The highest BCUT2D eigenvalue weighted by Crippen LogP contribution is 2.35. The minimum absolute atomic E-state index is 0.196. The normalized spacial score (nSPS) is 10.2. The number of hydrogen-bond donors (Lipinski definition) is 1. The lowest BCUT2D eigenvalue weighted by Crippen LogP contribution is -2.08. The van der Waals surface area contributed by atoms with E-state index in [2.05, 4.69) is 11.1 Å². The summed E-state index contributed by atoms with van der Waals surface area (Å²) in [5.74, 6) is 1.43. The van der Waals surface area contributed by atoms with E-state index in [1.165, 1.54) is 0 Å². The molecule has 0 bridgehead atoms. The van der Waals surface area contributed by atoms with Crippen molar-refractivity contribution in [2.24, 2.45) is 0 Å². The summed E-state index contributed by atoms with van der Waals surface area (Å²) in [4.78, 5) is 6.45. The molecule has 0 saturated heterocycles. The van der Waals surface area contributed by atoms with E-state index in [4.69, 9.17) is 15.2 Å². The quantitative estimate of drug-likeness (QED) is 0.728. The first-order chi connectivity index (χ1) is 13.5. The predicted octanol–water partition coefficient (Wildman–Crippen LogP) is 3.95. The summed E-state index contributed by atoms with van der Waals surface area (Å²) < 4.78 is 10.7. The first-order valence-electron chi connectivity index (χ1n) is 8.69. The van der Waals surface area contributed by atoms with Gasteiger partial charge in [-0.3, -0.25) is 0 Å². The van der Waals surface area contributed by atoms with Crippen molar-refractivity contribution in [1.29, 1.82) is 5.26 Å². The fourth-order valence-corrected chi connectivity index (χ4v) is 2.99. The zero-order chi connectivity index (χ0) is 20.3. The van der Waals surface area contributed by atoms with E-state index in [0.717, 1.165) is 22.4 Å². The molecule has 0 fully saturated rings. The van der Waals surface area contributed by atoms with E-state index in [1.807, 2.05) is 67.5 Å². The third-order valence-corrected chi connectivity index (χ3v) is 4.53. The fraction of sp³-hybridized carbons (Fsp3) is 0.182. The molecule has 3 aromatic rings. The molecule has 2 aromatic carbocycles. The molecule has 0 atom stereocenters. The lowest BCUT2D eigenvalue weighted by molar-refractivity contribution is 0.355. The molecule has 6 nitrogen and oxygen atoms in total. The number of nitrogens with zero attached hydrogens (tertiary/aromatic N) is 3. The van der Waals surface area contributed by atoms with Gasteiger partial charge >= 0.3 is 0 Å². The van der Waals surface area contributed by atoms with E-state index in [1.54, 1.807) is 14.2 Å². The Morgan fingerprint density at radius 3 is 2.14 bits per heavy atom. The summed E-state index contributed by atoms with van der Waals surface area (Å²) in [7, 11) is 7.13. The Bertz CT molecular complexity index is 1040. The van der Waals surface area contributed by atoms with Crippen LogP contribution in [0.25, 0.3) is 22.4 Å². The molecule has 6 heteroatoms. The molecule has 0 aliphatic carbocycles. The molecule has 0 saturated carbocycles. The number of nitriles is 1. The van der Waals surface area contributed by atoms with Crippen molar-refractivity contribution in [1.82, 2.24) is 4.98 Å². The van der Waals surface area contributed by atoms with Crippen LogP contribution in [0.15, 0.2) is 48.5 Å². The molecule has 1 aromatic heterocycles. The lowest BCUT2D eigenvalue weighted by atomic mass is 9.98. The smallest absolute Gasteiger partial charge is 0.161 e.